The smallest absolute Gasteiger partial charge is 0.246 e. The SMILES string of the molecule is CC(C)N(CCCO)S(=O)(=O)c1cc(N)cc(Cl)c1F. The van der Waals surface area contributed by atoms with Gasteiger partial charge in [-0.1, -0.05) is 11.6 Å². The summed E-state index contributed by atoms with van der Waals surface area (Å²) in [4.78, 5) is -0.547. The fourth-order valence-corrected chi connectivity index (χ4v) is 3.86. The highest BCUT2D eigenvalue weighted by Gasteiger charge is 2.30. The molecule has 20 heavy (non-hydrogen) atoms. The zero-order valence-corrected chi connectivity index (χ0v) is 12.9. The molecule has 0 aliphatic heterocycles. The van der Waals surface area contributed by atoms with Gasteiger partial charge in [0.25, 0.3) is 0 Å². The van der Waals surface area contributed by atoms with Gasteiger partial charge < -0.3 is 10.8 Å². The van der Waals surface area contributed by atoms with Gasteiger partial charge in [-0.3, -0.25) is 0 Å². The Morgan fingerprint density at radius 3 is 2.55 bits per heavy atom. The summed E-state index contributed by atoms with van der Waals surface area (Å²) in [5.41, 5.74) is 5.60. The molecule has 0 bridgehead atoms. The van der Waals surface area contributed by atoms with Gasteiger partial charge in [0.2, 0.25) is 10.0 Å². The van der Waals surface area contributed by atoms with Gasteiger partial charge >= 0.3 is 0 Å². The fraction of sp³-hybridized carbons (Fsp3) is 0.500. The number of benzene rings is 1. The molecule has 0 amide bonds. The molecule has 0 saturated carbocycles. The van der Waals surface area contributed by atoms with Crippen LogP contribution in [0.1, 0.15) is 20.3 Å². The summed E-state index contributed by atoms with van der Waals surface area (Å²) < 4.78 is 40.1. The van der Waals surface area contributed by atoms with E-state index in [1.165, 1.54) is 0 Å². The minimum absolute atomic E-state index is 0.0702. The first kappa shape index (κ1) is 17.2. The predicted octanol–water partition coefficient (Wildman–Crippen LogP) is 1.84. The molecule has 8 heteroatoms. The van der Waals surface area contributed by atoms with Crippen molar-refractivity contribution in [1.29, 1.82) is 0 Å². The van der Waals surface area contributed by atoms with Gasteiger partial charge in [0.1, 0.15) is 4.90 Å². The third-order valence-corrected chi connectivity index (χ3v) is 5.07. The summed E-state index contributed by atoms with van der Waals surface area (Å²) in [6, 6.07) is 1.82. The molecule has 0 radical (unpaired) electrons. The van der Waals surface area contributed by atoms with E-state index in [-0.39, 0.29) is 36.3 Å². The number of nitrogens with zero attached hydrogens (tertiary/aromatic N) is 1. The Kier molecular flexibility index (Phi) is 5.76. The van der Waals surface area contributed by atoms with Crippen LogP contribution in [-0.2, 0) is 10.0 Å². The molecule has 0 aromatic heterocycles. The monoisotopic (exact) mass is 324 g/mol. The summed E-state index contributed by atoms with van der Waals surface area (Å²) in [6.07, 6.45) is 0.259. The maximum atomic E-state index is 14.0. The van der Waals surface area contributed by atoms with E-state index in [1.807, 2.05) is 0 Å². The van der Waals surface area contributed by atoms with Crippen LogP contribution in [0.4, 0.5) is 10.1 Å². The number of nitrogen functional groups attached to an aromatic ring is 1. The summed E-state index contributed by atoms with van der Waals surface area (Å²) in [5.74, 6) is -1.02. The average molecular weight is 325 g/mol. The van der Waals surface area contributed by atoms with Crippen molar-refractivity contribution in [1.82, 2.24) is 4.31 Å². The summed E-state index contributed by atoms with van der Waals surface area (Å²) in [6.45, 7) is 3.27. The summed E-state index contributed by atoms with van der Waals surface area (Å²) in [5, 5.41) is 8.50. The molecular weight excluding hydrogens is 307 g/mol. The summed E-state index contributed by atoms with van der Waals surface area (Å²) in [7, 11) is -4.07. The van der Waals surface area contributed by atoms with Crippen molar-refractivity contribution in [2.75, 3.05) is 18.9 Å². The Bertz CT molecular complexity index is 578. The molecule has 0 atom stereocenters. The average Bonchev–Trinajstić information content (AvgIpc) is 2.33. The molecule has 1 aromatic rings. The molecule has 3 N–H and O–H groups in total. The van der Waals surface area contributed by atoms with Crippen LogP contribution < -0.4 is 5.73 Å². The van der Waals surface area contributed by atoms with Gasteiger partial charge in [-0.25, -0.2) is 12.8 Å². The number of hydrogen-bond donors (Lipinski definition) is 2. The second-order valence-corrected chi connectivity index (χ2v) is 6.87. The van der Waals surface area contributed by atoms with Gasteiger partial charge in [-0.2, -0.15) is 4.31 Å². The molecule has 0 saturated heterocycles. The van der Waals surface area contributed by atoms with Gasteiger partial charge in [-0.05, 0) is 32.4 Å². The largest absolute Gasteiger partial charge is 0.399 e. The van der Waals surface area contributed by atoms with Crippen molar-refractivity contribution in [2.24, 2.45) is 0 Å². The van der Waals surface area contributed by atoms with E-state index >= 15 is 0 Å². The maximum absolute atomic E-state index is 14.0. The van der Waals surface area contributed by atoms with Crippen molar-refractivity contribution in [3.63, 3.8) is 0 Å². The Labute approximate surface area is 123 Å². The van der Waals surface area contributed by atoms with Crippen molar-refractivity contribution in [3.8, 4) is 0 Å². The van der Waals surface area contributed by atoms with E-state index < -0.39 is 20.7 Å². The second-order valence-electron chi connectivity index (χ2n) is 4.60. The first-order valence-corrected chi connectivity index (χ1v) is 7.90. The predicted molar refractivity (Wildman–Crippen MR) is 76.6 cm³/mol. The molecule has 0 spiro atoms. The number of hydrogen-bond acceptors (Lipinski definition) is 4. The Morgan fingerprint density at radius 1 is 1.45 bits per heavy atom. The molecule has 1 rings (SSSR count). The topological polar surface area (TPSA) is 83.6 Å². The minimum Gasteiger partial charge on any atom is -0.399 e. The van der Waals surface area contributed by atoms with Crippen LogP contribution >= 0.6 is 11.6 Å². The van der Waals surface area contributed by atoms with Crippen LogP contribution in [0.5, 0.6) is 0 Å². The van der Waals surface area contributed by atoms with Crippen LogP contribution in [0.25, 0.3) is 0 Å². The van der Waals surface area contributed by atoms with Crippen LogP contribution in [0.15, 0.2) is 17.0 Å². The van der Waals surface area contributed by atoms with E-state index in [4.69, 9.17) is 22.4 Å². The van der Waals surface area contributed by atoms with Crippen molar-refractivity contribution < 1.29 is 17.9 Å². The first-order chi connectivity index (χ1) is 9.21. The van der Waals surface area contributed by atoms with Crippen molar-refractivity contribution >= 4 is 27.3 Å². The number of aliphatic hydroxyl groups excluding tert-OH is 1. The van der Waals surface area contributed by atoms with Crippen LogP contribution in [0.3, 0.4) is 0 Å². The van der Waals surface area contributed by atoms with E-state index in [0.29, 0.717) is 0 Å². The molecule has 0 aliphatic rings. The molecule has 0 fully saturated rings. The number of anilines is 1. The van der Waals surface area contributed by atoms with E-state index in [9.17, 15) is 12.8 Å². The highest BCUT2D eigenvalue weighted by atomic mass is 35.5. The number of sulfonamides is 1. The zero-order chi connectivity index (χ0) is 15.5. The molecule has 0 unspecified atom stereocenters. The number of rotatable bonds is 6. The molecule has 0 aliphatic carbocycles. The first-order valence-electron chi connectivity index (χ1n) is 6.09. The van der Waals surface area contributed by atoms with Crippen LogP contribution in [0.2, 0.25) is 5.02 Å². The van der Waals surface area contributed by atoms with Gasteiger partial charge in [0, 0.05) is 24.9 Å². The highest BCUT2D eigenvalue weighted by molar-refractivity contribution is 7.89. The number of halogens is 2. The third-order valence-electron chi connectivity index (χ3n) is 2.72. The Morgan fingerprint density at radius 2 is 2.05 bits per heavy atom. The van der Waals surface area contributed by atoms with Gasteiger partial charge in [0.15, 0.2) is 5.82 Å². The lowest BCUT2D eigenvalue weighted by molar-refractivity contribution is 0.258. The number of aliphatic hydroxyl groups is 1. The normalized spacial score (nSPS) is 12.3. The van der Waals surface area contributed by atoms with Crippen molar-refractivity contribution in [2.45, 2.75) is 31.2 Å². The fourth-order valence-electron chi connectivity index (χ4n) is 1.78. The molecule has 5 nitrogen and oxygen atoms in total. The molecular formula is C12H18ClFN2O3S. The van der Waals surface area contributed by atoms with Crippen LogP contribution in [0, 0.1) is 5.82 Å². The van der Waals surface area contributed by atoms with Gasteiger partial charge in [0.05, 0.1) is 5.02 Å². The van der Waals surface area contributed by atoms with E-state index in [0.717, 1.165) is 16.4 Å². The van der Waals surface area contributed by atoms with Gasteiger partial charge in [-0.15, -0.1) is 0 Å². The molecule has 114 valence electrons. The minimum atomic E-state index is -4.07. The standard InChI is InChI=1S/C12H18ClFN2O3S/c1-8(2)16(4-3-5-17)20(18,19)11-7-9(15)6-10(13)12(11)14/h6-8,17H,3-5,15H2,1-2H3. The Balaban J connectivity index is 3.33. The second kappa shape index (κ2) is 6.71. The van der Waals surface area contributed by atoms with E-state index in [2.05, 4.69) is 0 Å². The third kappa shape index (κ3) is 3.60. The summed E-state index contributed by atoms with van der Waals surface area (Å²) >= 11 is 5.64. The van der Waals surface area contributed by atoms with Crippen molar-refractivity contribution in [3.05, 3.63) is 23.0 Å². The molecule has 0 heterocycles. The Hall–Kier alpha value is -0.890. The quantitative estimate of drug-likeness (QED) is 0.782. The van der Waals surface area contributed by atoms with E-state index in [1.54, 1.807) is 13.8 Å². The lowest BCUT2D eigenvalue weighted by Crippen LogP contribution is -2.38. The lowest BCUT2D eigenvalue weighted by atomic mass is 10.3. The van der Waals surface area contributed by atoms with Crippen LogP contribution in [-0.4, -0.2) is 37.0 Å². The zero-order valence-electron chi connectivity index (χ0n) is 11.3. The molecule has 1 aromatic carbocycles. The number of nitrogens with two attached hydrogens (primary N) is 1. The maximum Gasteiger partial charge on any atom is 0.246 e. The highest BCUT2D eigenvalue weighted by Crippen LogP contribution is 2.28. The lowest BCUT2D eigenvalue weighted by Gasteiger charge is -2.26.